The Labute approximate surface area is 101 Å². The van der Waals surface area contributed by atoms with E-state index in [2.05, 4.69) is 37.5 Å². The minimum Gasteiger partial charge on any atom is -0.383 e. The number of hydrogen-bond donors (Lipinski definition) is 1. The van der Waals surface area contributed by atoms with Gasteiger partial charge in [-0.25, -0.2) is 9.97 Å². The Hall–Kier alpha value is -1.24. The molecule has 2 heterocycles. The van der Waals surface area contributed by atoms with Crippen molar-refractivity contribution < 1.29 is 0 Å². The maximum atomic E-state index is 5.73. The molecule has 2 aromatic heterocycles. The molecule has 2 rings (SSSR count). The largest absolute Gasteiger partial charge is 0.383 e. The third-order valence-corrected chi connectivity index (χ3v) is 2.88. The van der Waals surface area contributed by atoms with Crippen molar-refractivity contribution in [2.75, 3.05) is 5.73 Å². The molecule has 0 fully saturated rings. The van der Waals surface area contributed by atoms with Crippen molar-refractivity contribution in [1.29, 1.82) is 0 Å². The lowest BCUT2D eigenvalue weighted by atomic mass is 10.1. The number of nitrogens with two attached hydrogens (primary N) is 1. The van der Waals surface area contributed by atoms with Crippen LogP contribution in [0.25, 0.3) is 11.4 Å². The number of halogens is 1. The Morgan fingerprint density at radius 2 is 2.13 bits per heavy atom. The molecule has 0 spiro atoms. The van der Waals surface area contributed by atoms with Gasteiger partial charge in [0, 0.05) is 24.2 Å². The van der Waals surface area contributed by atoms with E-state index in [0.29, 0.717) is 11.6 Å². The number of pyridine rings is 1. The van der Waals surface area contributed by atoms with Crippen LogP contribution in [0.5, 0.6) is 0 Å². The van der Waals surface area contributed by atoms with E-state index >= 15 is 0 Å². The Balaban J connectivity index is 2.55. The van der Waals surface area contributed by atoms with Gasteiger partial charge >= 0.3 is 0 Å². The van der Waals surface area contributed by atoms with Crippen LogP contribution in [0, 0.1) is 10.5 Å². The second kappa shape index (κ2) is 4.09. The fourth-order valence-electron chi connectivity index (χ4n) is 1.21. The summed E-state index contributed by atoms with van der Waals surface area (Å²) in [7, 11) is 0. The molecule has 0 bridgehead atoms. The van der Waals surface area contributed by atoms with Crippen LogP contribution >= 0.6 is 22.6 Å². The van der Waals surface area contributed by atoms with Gasteiger partial charge in [0.15, 0.2) is 5.82 Å². The quantitative estimate of drug-likeness (QED) is 0.818. The highest BCUT2D eigenvalue weighted by atomic mass is 127. The minimum atomic E-state index is 0.504. The summed E-state index contributed by atoms with van der Waals surface area (Å²) >= 11 is 2.10. The molecule has 2 N–H and O–H groups in total. The summed E-state index contributed by atoms with van der Waals surface area (Å²) < 4.78 is 0.859. The second-order valence-corrected chi connectivity index (χ2v) is 4.28. The molecule has 4 nitrogen and oxygen atoms in total. The van der Waals surface area contributed by atoms with Crippen molar-refractivity contribution in [3.05, 3.63) is 33.8 Å². The van der Waals surface area contributed by atoms with E-state index in [0.717, 1.165) is 14.7 Å². The van der Waals surface area contributed by atoms with Gasteiger partial charge in [0.05, 0.1) is 3.57 Å². The third kappa shape index (κ3) is 2.06. The third-order valence-electron chi connectivity index (χ3n) is 2.05. The Kier molecular flexibility index (Phi) is 2.81. The summed E-state index contributed by atoms with van der Waals surface area (Å²) in [5.41, 5.74) is 7.73. The Bertz CT molecular complexity index is 499. The SMILES string of the molecule is Cc1ccncc1-c1ncc(I)c(N)n1. The van der Waals surface area contributed by atoms with Crippen LogP contribution in [0.4, 0.5) is 5.82 Å². The topological polar surface area (TPSA) is 64.7 Å². The molecule has 76 valence electrons. The van der Waals surface area contributed by atoms with E-state index < -0.39 is 0 Å². The predicted molar refractivity (Wildman–Crippen MR) is 67.1 cm³/mol. The number of nitrogen functional groups attached to an aromatic ring is 1. The molecule has 2 aromatic rings. The Morgan fingerprint density at radius 1 is 1.33 bits per heavy atom. The molecule has 0 aromatic carbocycles. The van der Waals surface area contributed by atoms with Gasteiger partial charge in [-0.2, -0.15) is 0 Å². The summed E-state index contributed by atoms with van der Waals surface area (Å²) in [5.74, 6) is 1.13. The zero-order valence-electron chi connectivity index (χ0n) is 8.11. The highest BCUT2D eigenvalue weighted by Crippen LogP contribution is 2.20. The maximum absolute atomic E-state index is 5.73. The Morgan fingerprint density at radius 3 is 2.80 bits per heavy atom. The monoisotopic (exact) mass is 312 g/mol. The highest BCUT2D eigenvalue weighted by Gasteiger charge is 2.06. The molecule has 0 atom stereocenters. The number of anilines is 1. The van der Waals surface area contributed by atoms with Crippen molar-refractivity contribution in [1.82, 2.24) is 15.0 Å². The van der Waals surface area contributed by atoms with Crippen LogP contribution in [0.2, 0.25) is 0 Å². The van der Waals surface area contributed by atoms with Crippen LogP contribution in [0.15, 0.2) is 24.7 Å². The van der Waals surface area contributed by atoms with E-state index in [1.807, 2.05) is 13.0 Å². The summed E-state index contributed by atoms with van der Waals surface area (Å²) in [6.07, 6.45) is 5.20. The van der Waals surface area contributed by atoms with Crippen LogP contribution in [0.1, 0.15) is 5.56 Å². The summed E-state index contributed by atoms with van der Waals surface area (Å²) in [4.78, 5) is 12.5. The fourth-order valence-corrected chi connectivity index (χ4v) is 1.47. The molecule has 0 aliphatic carbocycles. The molecule has 15 heavy (non-hydrogen) atoms. The van der Waals surface area contributed by atoms with Crippen molar-refractivity contribution in [3.8, 4) is 11.4 Å². The summed E-state index contributed by atoms with van der Waals surface area (Å²) in [5, 5.41) is 0. The van der Waals surface area contributed by atoms with Gasteiger partial charge in [0.1, 0.15) is 5.82 Å². The maximum Gasteiger partial charge on any atom is 0.163 e. The first-order valence-electron chi connectivity index (χ1n) is 4.37. The van der Waals surface area contributed by atoms with Crippen LogP contribution < -0.4 is 5.73 Å². The summed E-state index contributed by atoms with van der Waals surface area (Å²) in [6.45, 7) is 1.99. The molecular formula is C10H9IN4. The van der Waals surface area contributed by atoms with Crippen molar-refractivity contribution in [2.45, 2.75) is 6.92 Å². The number of rotatable bonds is 1. The average Bonchev–Trinajstić information content (AvgIpc) is 2.23. The number of aryl methyl sites for hydroxylation is 1. The van der Waals surface area contributed by atoms with Gasteiger partial charge in [-0.05, 0) is 41.1 Å². The lowest BCUT2D eigenvalue weighted by Gasteiger charge is -2.04. The molecule has 5 heteroatoms. The van der Waals surface area contributed by atoms with E-state index in [1.54, 1.807) is 18.6 Å². The molecule has 0 radical (unpaired) electrons. The second-order valence-electron chi connectivity index (χ2n) is 3.12. The van der Waals surface area contributed by atoms with E-state index in [4.69, 9.17) is 5.73 Å². The average molecular weight is 312 g/mol. The minimum absolute atomic E-state index is 0.504. The van der Waals surface area contributed by atoms with Gasteiger partial charge in [-0.1, -0.05) is 0 Å². The van der Waals surface area contributed by atoms with Crippen LogP contribution in [-0.4, -0.2) is 15.0 Å². The van der Waals surface area contributed by atoms with E-state index in [1.165, 1.54) is 0 Å². The van der Waals surface area contributed by atoms with Crippen molar-refractivity contribution >= 4 is 28.4 Å². The van der Waals surface area contributed by atoms with E-state index in [-0.39, 0.29) is 0 Å². The van der Waals surface area contributed by atoms with Gasteiger partial charge in [-0.3, -0.25) is 4.98 Å². The van der Waals surface area contributed by atoms with Crippen molar-refractivity contribution in [2.24, 2.45) is 0 Å². The molecule has 0 saturated heterocycles. The molecular weight excluding hydrogens is 303 g/mol. The number of hydrogen-bond acceptors (Lipinski definition) is 4. The number of nitrogens with zero attached hydrogens (tertiary/aromatic N) is 3. The van der Waals surface area contributed by atoms with E-state index in [9.17, 15) is 0 Å². The zero-order valence-corrected chi connectivity index (χ0v) is 10.3. The normalized spacial score (nSPS) is 10.3. The van der Waals surface area contributed by atoms with Gasteiger partial charge in [0.25, 0.3) is 0 Å². The van der Waals surface area contributed by atoms with Gasteiger partial charge in [-0.15, -0.1) is 0 Å². The van der Waals surface area contributed by atoms with Crippen LogP contribution in [0.3, 0.4) is 0 Å². The summed E-state index contributed by atoms with van der Waals surface area (Å²) in [6, 6.07) is 1.92. The molecule has 0 aliphatic heterocycles. The van der Waals surface area contributed by atoms with Gasteiger partial charge < -0.3 is 5.73 Å². The van der Waals surface area contributed by atoms with Gasteiger partial charge in [0.2, 0.25) is 0 Å². The molecule has 0 amide bonds. The number of aromatic nitrogens is 3. The first-order valence-corrected chi connectivity index (χ1v) is 5.45. The van der Waals surface area contributed by atoms with Crippen LogP contribution in [-0.2, 0) is 0 Å². The zero-order chi connectivity index (χ0) is 10.8. The lowest BCUT2D eigenvalue weighted by molar-refractivity contribution is 1.15. The highest BCUT2D eigenvalue weighted by molar-refractivity contribution is 14.1. The lowest BCUT2D eigenvalue weighted by Crippen LogP contribution is -1.99. The smallest absolute Gasteiger partial charge is 0.163 e. The first-order chi connectivity index (χ1) is 7.18. The fraction of sp³-hybridized carbons (Fsp3) is 0.100. The standard InChI is InChI=1S/C10H9IN4/c1-6-2-3-13-4-7(6)10-14-5-8(11)9(12)15-10/h2-5H,1H3,(H2,12,14,15). The van der Waals surface area contributed by atoms with Crippen molar-refractivity contribution in [3.63, 3.8) is 0 Å². The molecule has 0 saturated carbocycles. The molecule has 0 unspecified atom stereocenters. The first kappa shape index (κ1) is 10.3. The molecule has 0 aliphatic rings. The predicted octanol–water partition coefficient (Wildman–Crippen LogP) is 2.03.